The molecular formula is C14H16ClNO2. The molecule has 0 bridgehead atoms. The van der Waals surface area contributed by atoms with Gasteiger partial charge in [0.1, 0.15) is 5.03 Å². The van der Waals surface area contributed by atoms with E-state index in [1.54, 1.807) is 6.08 Å². The molecule has 1 aliphatic heterocycles. The highest BCUT2D eigenvalue weighted by molar-refractivity contribution is 6.44. The van der Waals surface area contributed by atoms with Crippen molar-refractivity contribution in [1.29, 1.82) is 0 Å². The maximum atomic E-state index is 11.7. The second kappa shape index (κ2) is 6.57. The minimum absolute atomic E-state index is 0.134. The van der Waals surface area contributed by atoms with Crippen LogP contribution in [-0.4, -0.2) is 25.2 Å². The molecule has 3 nitrogen and oxygen atoms in total. The molecular weight excluding hydrogens is 250 g/mol. The summed E-state index contributed by atoms with van der Waals surface area (Å²) < 4.78 is 5.42. The fraction of sp³-hybridized carbons (Fsp3) is 0.357. The minimum atomic E-state index is -0.254. The van der Waals surface area contributed by atoms with Crippen LogP contribution in [0.1, 0.15) is 18.4 Å². The van der Waals surface area contributed by atoms with Gasteiger partial charge in [-0.15, -0.1) is 0 Å². The van der Waals surface area contributed by atoms with E-state index in [9.17, 15) is 4.79 Å². The predicted octanol–water partition coefficient (Wildman–Crippen LogP) is 2.56. The van der Waals surface area contributed by atoms with Gasteiger partial charge in [0.2, 0.25) is 0 Å². The second-order valence-electron chi connectivity index (χ2n) is 4.25. The van der Waals surface area contributed by atoms with Gasteiger partial charge in [0.25, 0.3) is 5.91 Å². The van der Waals surface area contributed by atoms with Gasteiger partial charge in [-0.3, -0.25) is 4.79 Å². The highest BCUT2D eigenvalue weighted by atomic mass is 35.5. The lowest BCUT2D eigenvalue weighted by Gasteiger charge is -2.10. The lowest BCUT2D eigenvalue weighted by atomic mass is 10.2. The Morgan fingerprint density at radius 2 is 2.22 bits per heavy atom. The quantitative estimate of drug-likeness (QED) is 0.850. The van der Waals surface area contributed by atoms with E-state index in [-0.39, 0.29) is 17.0 Å². The summed E-state index contributed by atoms with van der Waals surface area (Å²) in [5.41, 5.74) is 0.912. The van der Waals surface area contributed by atoms with E-state index in [2.05, 4.69) is 5.32 Å². The Hall–Kier alpha value is -1.32. The molecule has 1 aliphatic rings. The van der Waals surface area contributed by atoms with E-state index in [1.165, 1.54) is 0 Å². The average molecular weight is 266 g/mol. The van der Waals surface area contributed by atoms with Crippen LogP contribution in [0.15, 0.2) is 35.4 Å². The molecule has 1 aromatic rings. The summed E-state index contributed by atoms with van der Waals surface area (Å²) in [6.07, 6.45) is 3.86. The van der Waals surface area contributed by atoms with E-state index >= 15 is 0 Å². The molecule has 0 saturated carbocycles. The third-order valence-corrected chi connectivity index (χ3v) is 3.10. The summed E-state index contributed by atoms with van der Waals surface area (Å²) in [6, 6.07) is 9.52. The maximum absolute atomic E-state index is 11.7. The number of hydrogen-bond acceptors (Lipinski definition) is 2. The average Bonchev–Trinajstić information content (AvgIpc) is 2.90. The molecule has 4 heteroatoms. The first-order valence-electron chi connectivity index (χ1n) is 6.08. The van der Waals surface area contributed by atoms with Crippen molar-refractivity contribution < 1.29 is 9.53 Å². The summed E-state index contributed by atoms with van der Waals surface area (Å²) in [7, 11) is 0. The van der Waals surface area contributed by atoms with Crippen LogP contribution < -0.4 is 5.32 Å². The number of ether oxygens (including phenoxy) is 1. The van der Waals surface area contributed by atoms with Crippen molar-refractivity contribution in [2.45, 2.75) is 18.9 Å². The molecule has 1 aromatic carbocycles. The second-order valence-corrected chi connectivity index (χ2v) is 4.66. The zero-order chi connectivity index (χ0) is 12.8. The van der Waals surface area contributed by atoms with Crippen molar-refractivity contribution in [1.82, 2.24) is 5.32 Å². The molecule has 1 N–H and O–H groups in total. The first-order valence-corrected chi connectivity index (χ1v) is 6.45. The smallest absolute Gasteiger partial charge is 0.262 e. The van der Waals surface area contributed by atoms with E-state index < -0.39 is 0 Å². The van der Waals surface area contributed by atoms with Crippen LogP contribution in [0.3, 0.4) is 0 Å². The fourth-order valence-corrected chi connectivity index (χ4v) is 2.05. The van der Waals surface area contributed by atoms with Crippen molar-refractivity contribution in [3.63, 3.8) is 0 Å². The van der Waals surface area contributed by atoms with Gasteiger partial charge in [-0.1, -0.05) is 41.9 Å². The monoisotopic (exact) mass is 265 g/mol. The number of halogens is 1. The highest BCUT2D eigenvalue weighted by Gasteiger charge is 2.16. The molecule has 0 spiro atoms. The van der Waals surface area contributed by atoms with E-state index in [4.69, 9.17) is 16.3 Å². The molecule has 1 saturated heterocycles. The highest BCUT2D eigenvalue weighted by Crippen LogP contribution is 2.12. The van der Waals surface area contributed by atoms with Crippen LogP contribution in [0.5, 0.6) is 0 Å². The molecule has 2 rings (SSSR count). The zero-order valence-corrected chi connectivity index (χ0v) is 10.8. The predicted molar refractivity (Wildman–Crippen MR) is 72.3 cm³/mol. The Morgan fingerprint density at radius 3 is 2.89 bits per heavy atom. The summed E-state index contributed by atoms with van der Waals surface area (Å²) >= 11 is 5.96. The normalized spacial score (nSPS) is 19.8. The van der Waals surface area contributed by atoms with Crippen molar-refractivity contribution in [3.05, 3.63) is 40.9 Å². The van der Waals surface area contributed by atoms with E-state index in [0.29, 0.717) is 6.54 Å². The molecule has 0 radical (unpaired) electrons. The zero-order valence-electron chi connectivity index (χ0n) is 10.1. The Kier molecular flexibility index (Phi) is 4.79. The minimum Gasteiger partial charge on any atom is -0.376 e. The van der Waals surface area contributed by atoms with Gasteiger partial charge >= 0.3 is 0 Å². The third-order valence-electron chi connectivity index (χ3n) is 2.82. The lowest BCUT2D eigenvalue weighted by Crippen LogP contribution is -2.31. The van der Waals surface area contributed by atoms with Crippen LogP contribution in [0.2, 0.25) is 0 Å². The molecule has 1 heterocycles. The van der Waals surface area contributed by atoms with Crippen molar-refractivity contribution in [3.8, 4) is 0 Å². The van der Waals surface area contributed by atoms with Crippen molar-refractivity contribution >= 4 is 23.6 Å². The number of nitrogens with one attached hydrogen (secondary N) is 1. The number of amides is 1. The van der Waals surface area contributed by atoms with Crippen molar-refractivity contribution in [2.24, 2.45) is 0 Å². The van der Waals surface area contributed by atoms with Gasteiger partial charge in [0, 0.05) is 13.2 Å². The van der Waals surface area contributed by atoms with Crippen LogP contribution in [0, 0.1) is 0 Å². The fourth-order valence-electron chi connectivity index (χ4n) is 1.86. The van der Waals surface area contributed by atoms with Gasteiger partial charge in [-0.25, -0.2) is 0 Å². The Balaban J connectivity index is 1.86. The third kappa shape index (κ3) is 3.86. The Bertz CT molecular complexity index is 425. The number of rotatable bonds is 4. The molecule has 1 amide bonds. The van der Waals surface area contributed by atoms with Crippen LogP contribution in [-0.2, 0) is 9.53 Å². The SMILES string of the molecule is O=C(NCC1CCCO1)C(Cl)=Cc1ccccc1. The lowest BCUT2D eigenvalue weighted by molar-refractivity contribution is -0.117. The number of benzene rings is 1. The topological polar surface area (TPSA) is 38.3 Å². The first kappa shape index (κ1) is 13.1. The molecule has 18 heavy (non-hydrogen) atoms. The van der Waals surface area contributed by atoms with Gasteiger partial charge in [0.05, 0.1) is 6.10 Å². The summed E-state index contributed by atoms with van der Waals surface area (Å²) in [4.78, 5) is 11.7. The standard InChI is InChI=1S/C14H16ClNO2/c15-13(9-11-5-2-1-3-6-11)14(17)16-10-12-7-4-8-18-12/h1-3,5-6,9,12H,4,7-8,10H2,(H,16,17). The first-order chi connectivity index (χ1) is 8.75. The summed E-state index contributed by atoms with van der Waals surface area (Å²) in [5, 5.41) is 2.97. The number of carbonyl (C=O) groups excluding carboxylic acids is 1. The maximum Gasteiger partial charge on any atom is 0.262 e. The van der Waals surface area contributed by atoms with Crippen molar-refractivity contribution in [2.75, 3.05) is 13.2 Å². The largest absolute Gasteiger partial charge is 0.376 e. The molecule has 1 unspecified atom stereocenters. The van der Waals surface area contributed by atoms with E-state index in [0.717, 1.165) is 25.0 Å². The molecule has 1 atom stereocenters. The molecule has 96 valence electrons. The van der Waals surface area contributed by atoms with Crippen LogP contribution >= 0.6 is 11.6 Å². The number of carbonyl (C=O) groups is 1. The van der Waals surface area contributed by atoms with Gasteiger partial charge in [-0.05, 0) is 24.5 Å². The Labute approximate surface area is 112 Å². The van der Waals surface area contributed by atoms with Crippen LogP contribution in [0.4, 0.5) is 0 Å². The van der Waals surface area contributed by atoms with E-state index in [1.807, 2.05) is 30.3 Å². The number of hydrogen-bond donors (Lipinski definition) is 1. The molecule has 0 aromatic heterocycles. The van der Waals surface area contributed by atoms with Gasteiger partial charge < -0.3 is 10.1 Å². The Morgan fingerprint density at radius 1 is 1.44 bits per heavy atom. The summed E-state index contributed by atoms with van der Waals surface area (Å²) in [6.45, 7) is 1.31. The molecule has 0 aliphatic carbocycles. The summed E-state index contributed by atoms with van der Waals surface area (Å²) in [5.74, 6) is -0.254. The van der Waals surface area contributed by atoms with Crippen LogP contribution in [0.25, 0.3) is 6.08 Å². The van der Waals surface area contributed by atoms with Gasteiger partial charge in [-0.2, -0.15) is 0 Å². The van der Waals surface area contributed by atoms with Gasteiger partial charge in [0.15, 0.2) is 0 Å². The molecule has 1 fully saturated rings.